The zero-order valence-corrected chi connectivity index (χ0v) is 19.6. The number of hydrogen-bond donors (Lipinski definition) is 1. The first kappa shape index (κ1) is 23.3. The Kier molecular flexibility index (Phi) is 6.89. The number of methoxy groups -OCH3 is 1. The molecule has 0 unspecified atom stereocenters. The minimum atomic E-state index is -4.03. The van der Waals surface area contributed by atoms with Crippen molar-refractivity contribution in [2.45, 2.75) is 38.5 Å². The Morgan fingerprint density at radius 3 is 2.12 bits per heavy atom. The molecule has 0 aliphatic heterocycles. The number of anilines is 1. The van der Waals surface area contributed by atoms with Gasteiger partial charge in [-0.3, -0.25) is 4.79 Å². The lowest BCUT2D eigenvalue weighted by Crippen LogP contribution is -2.15. The van der Waals surface area contributed by atoms with Gasteiger partial charge in [-0.1, -0.05) is 31.5 Å². The lowest BCUT2D eigenvalue weighted by Gasteiger charge is -2.18. The van der Waals surface area contributed by atoms with Gasteiger partial charge in [-0.25, -0.2) is 0 Å². The fraction of sp³-hybridized carbons (Fsp3) is 0.240. The van der Waals surface area contributed by atoms with Crippen LogP contribution >= 0.6 is 0 Å². The number of amides is 1. The minimum Gasteiger partial charge on any atom is -0.497 e. The summed E-state index contributed by atoms with van der Waals surface area (Å²) in [6, 6.07) is 16.7. The van der Waals surface area contributed by atoms with E-state index in [1.807, 2.05) is 32.9 Å². The highest BCUT2D eigenvalue weighted by molar-refractivity contribution is 7.87. The number of hydrogen-bond acceptors (Lipinski definition) is 5. The van der Waals surface area contributed by atoms with Crippen molar-refractivity contribution in [2.24, 2.45) is 0 Å². The van der Waals surface area contributed by atoms with Gasteiger partial charge in [0.15, 0.2) is 0 Å². The zero-order chi connectivity index (χ0) is 23.5. The van der Waals surface area contributed by atoms with Gasteiger partial charge in [0.1, 0.15) is 16.4 Å². The Balaban J connectivity index is 1.90. The number of nitrogens with one attached hydrogen (secondary N) is 1. The first-order valence-electron chi connectivity index (χ1n) is 10.2. The van der Waals surface area contributed by atoms with Crippen LogP contribution in [-0.2, 0) is 10.1 Å². The first-order chi connectivity index (χ1) is 15.1. The zero-order valence-electron chi connectivity index (χ0n) is 18.8. The summed E-state index contributed by atoms with van der Waals surface area (Å²) in [5.74, 6) is 0.564. The third kappa shape index (κ3) is 5.29. The highest BCUT2D eigenvalue weighted by atomic mass is 32.2. The van der Waals surface area contributed by atoms with Crippen molar-refractivity contribution >= 4 is 21.7 Å². The molecule has 3 aromatic rings. The summed E-state index contributed by atoms with van der Waals surface area (Å²) in [5.41, 5.74) is 3.60. The maximum atomic E-state index is 12.8. The van der Waals surface area contributed by atoms with Crippen LogP contribution < -0.4 is 14.2 Å². The van der Waals surface area contributed by atoms with Gasteiger partial charge in [0.05, 0.1) is 7.11 Å². The SMILES string of the molecule is COc1ccc(S(=O)(=O)Oc2cc(C(C)C)c(NC(=O)c3ccc(C)cc3)cc2C)cc1. The third-order valence-corrected chi connectivity index (χ3v) is 6.33. The van der Waals surface area contributed by atoms with Crippen LogP contribution in [0.4, 0.5) is 5.69 Å². The summed E-state index contributed by atoms with van der Waals surface area (Å²) in [6.45, 7) is 7.63. The Bertz CT molecular complexity index is 1210. The molecule has 32 heavy (non-hydrogen) atoms. The van der Waals surface area contributed by atoms with E-state index < -0.39 is 10.1 Å². The summed E-state index contributed by atoms with van der Waals surface area (Å²) in [4.78, 5) is 12.7. The molecule has 0 atom stereocenters. The second-order valence-corrected chi connectivity index (χ2v) is 9.44. The van der Waals surface area contributed by atoms with Crippen LogP contribution in [0.3, 0.4) is 0 Å². The van der Waals surface area contributed by atoms with E-state index in [1.54, 1.807) is 43.3 Å². The van der Waals surface area contributed by atoms with Crippen molar-refractivity contribution in [3.8, 4) is 11.5 Å². The van der Waals surface area contributed by atoms with Crippen LogP contribution in [0.1, 0.15) is 46.8 Å². The van der Waals surface area contributed by atoms with Crippen LogP contribution in [0.15, 0.2) is 65.6 Å². The molecule has 168 valence electrons. The molecule has 0 fully saturated rings. The number of carbonyl (C=O) groups excluding carboxylic acids is 1. The van der Waals surface area contributed by atoms with E-state index in [0.29, 0.717) is 22.6 Å². The van der Waals surface area contributed by atoms with Crippen LogP contribution in [0, 0.1) is 13.8 Å². The van der Waals surface area contributed by atoms with Crippen molar-refractivity contribution in [3.63, 3.8) is 0 Å². The van der Waals surface area contributed by atoms with Gasteiger partial charge < -0.3 is 14.2 Å². The maximum Gasteiger partial charge on any atom is 0.339 e. The molecule has 0 aromatic heterocycles. The van der Waals surface area contributed by atoms with E-state index in [4.69, 9.17) is 8.92 Å². The molecule has 6 nitrogen and oxygen atoms in total. The highest BCUT2D eigenvalue weighted by Crippen LogP contribution is 2.34. The molecule has 3 aromatic carbocycles. The first-order valence-corrected chi connectivity index (χ1v) is 11.6. The van der Waals surface area contributed by atoms with E-state index in [2.05, 4.69) is 5.32 Å². The molecule has 0 radical (unpaired) electrons. The number of benzene rings is 3. The van der Waals surface area contributed by atoms with Crippen molar-refractivity contribution in [1.29, 1.82) is 0 Å². The maximum absolute atomic E-state index is 12.8. The Labute approximate surface area is 189 Å². The molecule has 3 rings (SSSR count). The highest BCUT2D eigenvalue weighted by Gasteiger charge is 2.21. The molecule has 0 aliphatic carbocycles. The molecular weight excluding hydrogens is 426 g/mol. The molecule has 1 N–H and O–H groups in total. The summed E-state index contributed by atoms with van der Waals surface area (Å²) in [6.07, 6.45) is 0. The van der Waals surface area contributed by atoms with Gasteiger partial charge in [-0.05, 0) is 79.4 Å². The Hall–Kier alpha value is -3.32. The van der Waals surface area contributed by atoms with Gasteiger partial charge >= 0.3 is 10.1 Å². The fourth-order valence-electron chi connectivity index (χ4n) is 3.19. The number of aryl methyl sites for hydroxylation is 2. The molecule has 0 aliphatic rings. The van der Waals surface area contributed by atoms with Crippen LogP contribution in [-0.4, -0.2) is 21.4 Å². The number of carbonyl (C=O) groups is 1. The predicted molar refractivity (Wildman–Crippen MR) is 125 cm³/mol. The Morgan fingerprint density at radius 1 is 0.938 bits per heavy atom. The van der Waals surface area contributed by atoms with Gasteiger partial charge in [0.2, 0.25) is 0 Å². The van der Waals surface area contributed by atoms with E-state index in [0.717, 1.165) is 11.1 Å². The molecule has 0 spiro atoms. The summed E-state index contributed by atoms with van der Waals surface area (Å²) < 4.78 is 36.1. The number of ether oxygens (including phenoxy) is 1. The van der Waals surface area contributed by atoms with E-state index in [9.17, 15) is 13.2 Å². The van der Waals surface area contributed by atoms with Gasteiger partial charge in [0.25, 0.3) is 5.91 Å². The van der Waals surface area contributed by atoms with Crippen molar-refractivity contribution in [1.82, 2.24) is 0 Å². The third-order valence-electron chi connectivity index (χ3n) is 5.08. The largest absolute Gasteiger partial charge is 0.497 e. The average Bonchev–Trinajstić information content (AvgIpc) is 2.75. The van der Waals surface area contributed by atoms with E-state index in [1.165, 1.54) is 19.2 Å². The predicted octanol–water partition coefficient (Wildman–Crippen LogP) is 5.46. The van der Waals surface area contributed by atoms with Crippen LogP contribution in [0.5, 0.6) is 11.5 Å². The van der Waals surface area contributed by atoms with Gasteiger partial charge in [0, 0.05) is 11.3 Å². The molecule has 1 amide bonds. The molecule has 7 heteroatoms. The monoisotopic (exact) mass is 453 g/mol. The number of rotatable bonds is 7. The topological polar surface area (TPSA) is 81.7 Å². The second-order valence-electron chi connectivity index (χ2n) is 7.89. The van der Waals surface area contributed by atoms with Gasteiger partial charge in [-0.2, -0.15) is 8.42 Å². The van der Waals surface area contributed by atoms with E-state index in [-0.39, 0.29) is 22.5 Å². The quantitative estimate of drug-likeness (QED) is 0.481. The van der Waals surface area contributed by atoms with Crippen molar-refractivity contribution < 1.29 is 22.1 Å². The molecule has 0 heterocycles. The summed E-state index contributed by atoms with van der Waals surface area (Å²) in [7, 11) is -2.52. The standard InChI is InChI=1S/C25H27NO5S/c1-16(2)22-15-24(31-32(28,29)21-12-10-20(30-5)11-13-21)18(4)14-23(22)26-25(27)19-8-6-17(3)7-9-19/h6-16H,1-5H3,(H,26,27). The minimum absolute atomic E-state index is 0.0231. The Morgan fingerprint density at radius 2 is 1.56 bits per heavy atom. The fourth-order valence-corrected chi connectivity index (χ4v) is 4.17. The molecule has 0 saturated carbocycles. The molecular formula is C25H27NO5S. The van der Waals surface area contributed by atoms with Crippen molar-refractivity contribution in [2.75, 3.05) is 12.4 Å². The van der Waals surface area contributed by atoms with Crippen LogP contribution in [0.2, 0.25) is 0 Å². The van der Waals surface area contributed by atoms with Gasteiger partial charge in [-0.15, -0.1) is 0 Å². The lowest BCUT2D eigenvalue weighted by molar-refractivity contribution is 0.102. The molecule has 0 saturated heterocycles. The lowest BCUT2D eigenvalue weighted by atomic mass is 9.98. The summed E-state index contributed by atoms with van der Waals surface area (Å²) in [5, 5.41) is 2.95. The van der Waals surface area contributed by atoms with Crippen LogP contribution in [0.25, 0.3) is 0 Å². The second kappa shape index (κ2) is 9.44. The van der Waals surface area contributed by atoms with Crippen molar-refractivity contribution in [3.05, 3.63) is 82.9 Å². The average molecular weight is 454 g/mol. The van der Waals surface area contributed by atoms with E-state index >= 15 is 0 Å². The normalized spacial score (nSPS) is 11.3. The summed E-state index contributed by atoms with van der Waals surface area (Å²) >= 11 is 0. The smallest absolute Gasteiger partial charge is 0.339 e. The molecule has 0 bridgehead atoms.